The molecule has 25 heavy (non-hydrogen) atoms. The third-order valence-corrected chi connectivity index (χ3v) is 4.00. The van der Waals surface area contributed by atoms with Crippen LogP contribution in [0.2, 0.25) is 10.0 Å². The van der Waals surface area contributed by atoms with Crippen molar-refractivity contribution < 1.29 is 9.53 Å². The van der Waals surface area contributed by atoms with Crippen LogP contribution in [0, 0.1) is 0 Å². The molecule has 3 rings (SSSR count). The SMILES string of the molecule is O=C(COc1ccc(Cl)cc1Cl)N/N=C/c1cccc2ccccc12. The van der Waals surface area contributed by atoms with Gasteiger partial charge < -0.3 is 4.74 Å². The zero-order chi connectivity index (χ0) is 17.6. The number of carbonyl (C=O) groups is 1. The van der Waals surface area contributed by atoms with Crippen LogP contribution in [0.4, 0.5) is 0 Å². The summed E-state index contributed by atoms with van der Waals surface area (Å²) in [6.07, 6.45) is 1.61. The van der Waals surface area contributed by atoms with E-state index in [2.05, 4.69) is 10.5 Å². The van der Waals surface area contributed by atoms with Crippen molar-refractivity contribution in [3.05, 3.63) is 76.3 Å². The second-order valence-corrected chi connectivity index (χ2v) is 6.07. The molecule has 0 radical (unpaired) electrons. The van der Waals surface area contributed by atoms with Gasteiger partial charge in [-0.3, -0.25) is 4.79 Å². The molecule has 0 saturated heterocycles. The zero-order valence-corrected chi connectivity index (χ0v) is 14.6. The standard InChI is InChI=1S/C19H14Cl2N2O2/c20-15-8-9-18(17(21)10-15)25-12-19(24)23-22-11-14-6-3-5-13-4-1-2-7-16(13)14/h1-11H,12H2,(H,23,24)/b22-11+. The fourth-order valence-corrected chi connectivity index (χ4v) is 2.77. The Balaban J connectivity index is 1.59. The number of fused-ring (bicyclic) bond motifs is 1. The van der Waals surface area contributed by atoms with E-state index in [-0.39, 0.29) is 12.5 Å². The molecular weight excluding hydrogens is 359 g/mol. The molecule has 3 aromatic rings. The van der Waals surface area contributed by atoms with E-state index < -0.39 is 0 Å². The molecule has 0 bridgehead atoms. The summed E-state index contributed by atoms with van der Waals surface area (Å²) in [5.74, 6) is 0.00162. The first kappa shape index (κ1) is 17.3. The molecule has 0 aliphatic carbocycles. The lowest BCUT2D eigenvalue weighted by atomic mass is 10.1. The van der Waals surface area contributed by atoms with Crippen LogP contribution in [0.5, 0.6) is 5.75 Å². The highest BCUT2D eigenvalue weighted by Gasteiger charge is 2.06. The molecule has 0 unspecified atom stereocenters. The number of rotatable bonds is 5. The van der Waals surface area contributed by atoms with Gasteiger partial charge in [-0.15, -0.1) is 0 Å². The van der Waals surface area contributed by atoms with E-state index in [1.807, 2.05) is 42.5 Å². The van der Waals surface area contributed by atoms with E-state index in [4.69, 9.17) is 27.9 Å². The lowest BCUT2D eigenvalue weighted by Crippen LogP contribution is -2.24. The Morgan fingerprint density at radius 2 is 1.88 bits per heavy atom. The summed E-state index contributed by atoms with van der Waals surface area (Å²) < 4.78 is 5.35. The molecule has 126 valence electrons. The molecule has 0 aliphatic heterocycles. The van der Waals surface area contributed by atoms with Crippen LogP contribution in [0.25, 0.3) is 10.8 Å². The number of ether oxygens (including phenoxy) is 1. The number of benzene rings is 3. The maximum Gasteiger partial charge on any atom is 0.277 e. The van der Waals surface area contributed by atoms with Gasteiger partial charge in [0.25, 0.3) is 5.91 Å². The first-order valence-corrected chi connectivity index (χ1v) is 8.26. The molecule has 6 heteroatoms. The van der Waals surface area contributed by atoms with Crippen molar-refractivity contribution in [1.29, 1.82) is 0 Å². The van der Waals surface area contributed by atoms with E-state index in [9.17, 15) is 4.79 Å². The summed E-state index contributed by atoms with van der Waals surface area (Å²) >= 11 is 11.8. The fraction of sp³-hybridized carbons (Fsp3) is 0.0526. The monoisotopic (exact) mass is 372 g/mol. The van der Waals surface area contributed by atoms with Crippen LogP contribution in [-0.2, 0) is 4.79 Å². The second-order valence-electron chi connectivity index (χ2n) is 5.22. The highest BCUT2D eigenvalue weighted by Crippen LogP contribution is 2.27. The van der Waals surface area contributed by atoms with Crippen molar-refractivity contribution in [3.63, 3.8) is 0 Å². The van der Waals surface area contributed by atoms with Gasteiger partial charge in [0, 0.05) is 10.6 Å². The molecule has 0 spiro atoms. The normalized spacial score (nSPS) is 11.0. The van der Waals surface area contributed by atoms with Crippen LogP contribution in [0.1, 0.15) is 5.56 Å². The molecular formula is C19H14Cl2N2O2. The Hall–Kier alpha value is -2.56. The molecule has 4 nitrogen and oxygen atoms in total. The summed E-state index contributed by atoms with van der Waals surface area (Å²) in [7, 11) is 0. The van der Waals surface area contributed by atoms with Crippen molar-refractivity contribution in [2.24, 2.45) is 5.10 Å². The van der Waals surface area contributed by atoms with Gasteiger partial charge in [-0.25, -0.2) is 5.43 Å². The third-order valence-electron chi connectivity index (χ3n) is 3.47. The van der Waals surface area contributed by atoms with Crippen molar-refractivity contribution in [1.82, 2.24) is 5.43 Å². The molecule has 0 atom stereocenters. The minimum Gasteiger partial charge on any atom is -0.482 e. The van der Waals surface area contributed by atoms with Gasteiger partial charge in [0.05, 0.1) is 11.2 Å². The van der Waals surface area contributed by atoms with E-state index in [0.29, 0.717) is 15.8 Å². The number of hydrogen-bond acceptors (Lipinski definition) is 3. The second kappa shape index (κ2) is 8.01. The lowest BCUT2D eigenvalue weighted by Gasteiger charge is -2.07. The number of nitrogens with zero attached hydrogens (tertiary/aromatic N) is 1. The van der Waals surface area contributed by atoms with Crippen LogP contribution >= 0.6 is 23.2 Å². The number of carbonyl (C=O) groups excluding carboxylic acids is 1. The average Bonchev–Trinajstić information content (AvgIpc) is 2.61. The van der Waals surface area contributed by atoms with E-state index >= 15 is 0 Å². The van der Waals surface area contributed by atoms with Crippen LogP contribution < -0.4 is 10.2 Å². The largest absolute Gasteiger partial charge is 0.482 e. The molecule has 0 aromatic heterocycles. The summed E-state index contributed by atoms with van der Waals surface area (Å²) in [5, 5.41) is 7.00. The number of halogens is 2. The van der Waals surface area contributed by atoms with E-state index in [0.717, 1.165) is 16.3 Å². The van der Waals surface area contributed by atoms with Crippen molar-refractivity contribution in [2.45, 2.75) is 0 Å². The highest BCUT2D eigenvalue weighted by atomic mass is 35.5. The van der Waals surface area contributed by atoms with Gasteiger partial charge in [0.15, 0.2) is 6.61 Å². The van der Waals surface area contributed by atoms with Gasteiger partial charge in [-0.1, -0.05) is 65.7 Å². The Bertz CT molecular complexity index is 936. The Morgan fingerprint density at radius 1 is 1.08 bits per heavy atom. The van der Waals surface area contributed by atoms with Crippen molar-refractivity contribution >= 4 is 46.1 Å². The summed E-state index contributed by atoms with van der Waals surface area (Å²) in [6.45, 7) is -0.200. The predicted octanol–water partition coefficient (Wildman–Crippen LogP) is 4.68. The summed E-state index contributed by atoms with van der Waals surface area (Å²) in [6, 6.07) is 18.7. The van der Waals surface area contributed by atoms with Crippen LogP contribution in [0.3, 0.4) is 0 Å². The Labute approximate surface area is 155 Å². The van der Waals surface area contributed by atoms with Crippen LogP contribution in [-0.4, -0.2) is 18.7 Å². The maximum atomic E-state index is 11.8. The molecule has 0 heterocycles. The molecule has 1 N–H and O–H groups in total. The molecule has 3 aromatic carbocycles. The molecule has 0 saturated carbocycles. The summed E-state index contributed by atoms with van der Waals surface area (Å²) in [4.78, 5) is 11.8. The minimum absolute atomic E-state index is 0.200. The van der Waals surface area contributed by atoms with Gasteiger partial charge in [-0.05, 0) is 29.0 Å². The topological polar surface area (TPSA) is 50.7 Å². The smallest absolute Gasteiger partial charge is 0.277 e. The van der Waals surface area contributed by atoms with Crippen LogP contribution in [0.15, 0.2) is 65.8 Å². The number of nitrogens with one attached hydrogen (secondary N) is 1. The van der Waals surface area contributed by atoms with E-state index in [1.54, 1.807) is 24.4 Å². The first-order valence-electron chi connectivity index (χ1n) is 7.51. The third kappa shape index (κ3) is 4.50. The van der Waals surface area contributed by atoms with Gasteiger partial charge in [0.1, 0.15) is 5.75 Å². The van der Waals surface area contributed by atoms with Gasteiger partial charge in [0.2, 0.25) is 0 Å². The minimum atomic E-state index is -0.387. The number of amides is 1. The van der Waals surface area contributed by atoms with Gasteiger partial charge in [-0.2, -0.15) is 5.10 Å². The summed E-state index contributed by atoms with van der Waals surface area (Å²) in [5.41, 5.74) is 3.35. The molecule has 0 fully saturated rings. The Kier molecular flexibility index (Phi) is 5.53. The Morgan fingerprint density at radius 3 is 2.72 bits per heavy atom. The highest BCUT2D eigenvalue weighted by molar-refractivity contribution is 6.35. The lowest BCUT2D eigenvalue weighted by molar-refractivity contribution is -0.123. The quantitative estimate of drug-likeness (QED) is 0.522. The van der Waals surface area contributed by atoms with Gasteiger partial charge >= 0.3 is 0 Å². The molecule has 0 aliphatic rings. The number of hydrogen-bond donors (Lipinski definition) is 1. The number of hydrazone groups is 1. The average molecular weight is 373 g/mol. The first-order chi connectivity index (χ1) is 12.1. The van der Waals surface area contributed by atoms with E-state index in [1.165, 1.54) is 0 Å². The zero-order valence-electron chi connectivity index (χ0n) is 13.1. The van der Waals surface area contributed by atoms with Crippen molar-refractivity contribution in [2.75, 3.05) is 6.61 Å². The molecule has 1 amide bonds. The predicted molar refractivity (Wildman–Crippen MR) is 102 cm³/mol. The maximum absolute atomic E-state index is 11.8. The fourth-order valence-electron chi connectivity index (χ4n) is 2.30. The van der Waals surface area contributed by atoms with Crippen molar-refractivity contribution in [3.8, 4) is 5.75 Å².